The molecular formula is C17H34N2. The molecule has 2 saturated heterocycles. The molecule has 0 saturated carbocycles. The molecule has 112 valence electrons. The summed E-state index contributed by atoms with van der Waals surface area (Å²) in [6, 6.07) is 1.54. The second kappa shape index (κ2) is 6.13. The number of hydrogen-bond acceptors (Lipinski definition) is 2. The molecule has 2 nitrogen and oxygen atoms in total. The summed E-state index contributed by atoms with van der Waals surface area (Å²) in [7, 11) is 2.26. The van der Waals surface area contributed by atoms with Crippen molar-refractivity contribution in [1.29, 1.82) is 0 Å². The average Bonchev–Trinajstić information content (AvgIpc) is 2.31. The molecule has 19 heavy (non-hydrogen) atoms. The van der Waals surface area contributed by atoms with Crippen molar-refractivity contribution >= 4 is 0 Å². The van der Waals surface area contributed by atoms with E-state index in [4.69, 9.17) is 0 Å². The van der Waals surface area contributed by atoms with E-state index < -0.39 is 0 Å². The predicted octanol–water partition coefficient (Wildman–Crippen LogP) is 3.76. The number of nitrogens with zero attached hydrogens (tertiary/aromatic N) is 2. The monoisotopic (exact) mass is 266 g/mol. The van der Waals surface area contributed by atoms with E-state index in [9.17, 15) is 0 Å². The van der Waals surface area contributed by atoms with Gasteiger partial charge in [-0.05, 0) is 85.9 Å². The first-order valence-electron chi connectivity index (χ1n) is 8.37. The normalized spacial score (nSPS) is 32.7. The molecule has 0 spiro atoms. The smallest absolute Gasteiger partial charge is 0.0161 e. The molecule has 2 unspecified atom stereocenters. The SMILES string of the molecule is CC1CCCC(C)N1C(C)(C)CC1CCN(C)CC1. The van der Waals surface area contributed by atoms with E-state index >= 15 is 0 Å². The highest BCUT2D eigenvalue weighted by molar-refractivity contribution is 4.93. The molecule has 2 aliphatic heterocycles. The van der Waals surface area contributed by atoms with E-state index in [1.165, 1.54) is 51.6 Å². The molecule has 0 aliphatic carbocycles. The van der Waals surface area contributed by atoms with Gasteiger partial charge >= 0.3 is 0 Å². The van der Waals surface area contributed by atoms with Crippen LogP contribution in [0, 0.1) is 5.92 Å². The van der Waals surface area contributed by atoms with Crippen molar-refractivity contribution in [1.82, 2.24) is 9.80 Å². The summed E-state index contributed by atoms with van der Waals surface area (Å²) in [5.74, 6) is 0.938. The third kappa shape index (κ3) is 3.72. The van der Waals surface area contributed by atoms with Crippen molar-refractivity contribution in [3.8, 4) is 0 Å². The topological polar surface area (TPSA) is 6.48 Å². The Balaban J connectivity index is 1.96. The quantitative estimate of drug-likeness (QED) is 0.767. The van der Waals surface area contributed by atoms with Gasteiger partial charge < -0.3 is 4.90 Å². The van der Waals surface area contributed by atoms with Crippen LogP contribution in [0.5, 0.6) is 0 Å². The summed E-state index contributed by atoms with van der Waals surface area (Å²) in [6.45, 7) is 12.4. The van der Waals surface area contributed by atoms with Crippen LogP contribution >= 0.6 is 0 Å². The van der Waals surface area contributed by atoms with Crippen molar-refractivity contribution in [3.05, 3.63) is 0 Å². The van der Waals surface area contributed by atoms with Crippen molar-refractivity contribution in [2.75, 3.05) is 20.1 Å². The summed E-state index contributed by atoms with van der Waals surface area (Å²) in [6.07, 6.45) is 8.38. The van der Waals surface area contributed by atoms with Gasteiger partial charge in [-0.25, -0.2) is 0 Å². The van der Waals surface area contributed by atoms with Crippen LogP contribution in [0.25, 0.3) is 0 Å². The Labute approximate surface area is 120 Å². The van der Waals surface area contributed by atoms with Crippen LogP contribution in [0.1, 0.15) is 66.2 Å². The Morgan fingerprint density at radius 1 is 0.947 bits per heavy atom. The highest BCUT2D eigenvalue weighted by atomic mass is 15.2. The largest absolute Gasteiger partial charge is 0.306 e. The number of piperidine rings is 2. The molecule has 2 rings (SSSR count). The predicted molar refractivity (Wildman–Crippen MR) is 83.5 cm³/mol. The molecule has 2 heterocycles. The van der Waals surface area contributed by atoms with Gasteiger partial charge in [-0.15, -0.1) is 0 Å². The standard InChI is InChI=1S/C17H34N2/c1-14-7-6-8-15(2)19(14)17(3,4)13-16-9-11-18(5)12-10-16/h14-16H,6-13H2,1-5H3. The minimum Gasteiger partial charge on any atom is -0.306 e. The van der Waals surface area contributed by atoms with E-state index in [0.29, 0.717) is 5.54 Å². The zero-order chi connectivity index (χ0) is 14.0. The van der Waals surface area contributed by atoms with E-state index in [1.54, 1.807) is 0 Å². The molecule has 2 fully saturated rings. The lowest BCUT2D eigenvalue weighted by Gasteiger charge is -2.51. The number of likely N-dealkylation sites (tertiary alicyclic amines) is 2. The summed E-state index contributed by atoms with van der Waals surface area (Å²) < 4.78 is 0. The third-order valence-electron chi connectivity index (χ3n) is 5.52. The lowest BCUT2D eigenvalue weighted by Crippen LogP contribution is -2.56. The molecule has 0 aromatic carbocycles. The Hall–Kier alpha value is -0.0800. The van der Waals surface area contributed by atoms with Gasteiger partial charge in [0.2, 0.25) is 0 Å². The van der Waals surface area contributed by atoms with Gasteiger partial charge in [0.15, 0.2) is 0 Å². The van der Waals surface area contributed by atoms with Crippen LogP contribution in [-0.4, -0.2) is 47.6 Å². The molecule has 0 radical (unpaired) electrons. The van der Waals surface area contributed by atoms with Crippen LogP contribution < -0.4 is 0 Å². The molecule has 0 aromatic heterocycles. The molecular weight excluding hydrogens is 232 g/mol. The van der Waals surface area contributed by atoms with Crippen LogP contribution in [0.2, 0.25) is 0 Å². The summed E-state index contributed by atoms with van der Waals surface area (Å²) >= 11 is 0. The summed E-state index contributed by atoms with van der Waals surface area (Å²) in [4.78, 5) is 5.31. The highest BCUT2D eigenvalue weighted by Gasteiger charge is 2.37. The Morgan fingerprint density at radius 3 is 2.00 bits per heavy atom. The first-order valence-corrected chi connectivity index (χ1v) is 8.37. The van der Waals surface area contributed by atoms with Gasteiger partial charge in [0, 0.05) is 17.6 Å². The second-order valence-electron chi connectivity index (χ2n) is 7.80. The maximum absolute atomic E-state index is 2.83. The van der Waals surface area contributed by atoms with Gasteiger partial charge in [0.25, 0.3) is 0 Å². The van der Waals surface area contributed by atoms with Crippen LogP contribution in [-0.2, 0) is 0 Å². The lowest BCUT2D eigenvalue weighted by molar-refractivity contribution is -0.0124. The molecule has 0 bridgehead atoms. The molecule has 2 aliphatic rings. The van der Waals surface area contributed by atoms with Gasteiger partial charge in [0.05, 0.1) is 0 Å². The molecule has 2 atom stereocenters. The van der Waals surface area contributed by atoms with Gasteiger partial charge in [-0.2, -0.15) is 0 Å². The fourth-order valence-corrected chi connectivity index (χ4v) is 4.69. The van der Waals surface area contributed by atoms with Gasteiger partial charge in [-0.3, -0.25) is 4.90 Å². The molecule has 0 amide bonds. The Bertz CT molecular complexity index is 269. The van der Waals surface area contributed by atoms with Crippen molar-refractivity contribution in [3.63, 3.8) is 0 Å². The number of rotatable bonds is 3. The third-order valence-corrected chi connectivity index (χ3v) is 5.52. The highest BCUT2D eigenvalue weighted by Crippen LogP contribution is 2.36. The van der Waals surface area contributed by atoms with Crippen LogP contribution in [0.15, 0.2) is 0 Å². The van der Waals surface area contributed by atoms with Crippen molar-refractivity contribution in [2.24, 2.45) is 5.92 Å². The van der Waals surface area contributed by atoms with Crippen molar-refractivity contribution in [2.45, 2.75) is 83.8 Å². The van der Waals surface area contributed by atoms with E-state index in [2.05, 4.69) is 44.5 Å². The molecule has 0 aromatic rings. The van der Waals surface area contributed by atoms with E-state index in [0.717, 1.165) is 18.0 Å². The van der Waals surface area contributed by atoms with Crippen LogP contribution in [0.4, 0.5) is 0 Å². The summed E-state index contributed by atoms with van der Waals surface area (Å²) in [5, 5.41) is 0. The summed E-state index contributed by atoms with van der Waals surface area (Å²) in [5.41, 5.74) is 0.375. The maximum atomic E-state index is 2.83. The Kier molecular flexibility index (Phi) is 4.94. The van der Waals surface area contributed by atoms with E-state index in [1.807, 2.05) is 0 Å². The van der Waals surface area contributed by atoms with Crippen molar-refractivity contribution < 1.29 is 0 Å². The lowest BCUT2D eigenvalue weighted by atomic mass is 9.80. The molecule has 0 N–H and O–H groups in total. The fraction of sp³-hybridized carbons (Fsp3) is 1.00. The van der Waals surface area contributed by atoms with Gasteiger partial charge in [0.1, 0.15) is 0 Å². The maximum Gasteiger partial charge on any atom is 0.0161 e. The fourth-order valence-electron chi connectivity index (χ4n) is 4.69. The first-order chi connectivity index (χ1) is 8.90. The second-order valence-corrected chi connectivity index (χ2v) is 7.80. The minimum absolute atomic E-state index is 0.375. The zero-order valence-electron chi connectivity index (χ0n) is 13.8. The first kappa shape index (κ1) is 15.3. The van der Waals surface area contributed by atoms with E-state index in [-0.39, 0.29) is 0 Å². The minimum atomic E-state index is 0.375. The van der Waals surface area contributed by atoms with Crippen LogP contribution in [0.3, 0.4) is 0 Å². The molecule has 2 heteroatoms. The zero-order valence-corrected chi connectivity index (χ0v) is 13.8. The van der Waals surface area contributed by atoms with Gasteiger partial charge in [-0.1, -0.05) is 6.42 Å². The number of hydrogen-bond donors (Lipinski definition) is 0. The Morgan fingerprint density at radius 2 is 1.47 bits per heavy atom. The average molecular weight is 266 g/mol.